The van der Waals surface area contributed by atoms with E-state index in [9.17, 15) is 9.59 Å². The number of nitrogens with one attached hydrogen (secondary N) is 1. The summed E-state index contributed by atoms with van der Waals surface area (Å²) in [5.41, 5.74) is 0.836. The fraction of sp³-hybridized carbons (Fsp3) is 0.167. The van der Waals surface area contributed by atoms with Crippen LogP contribution in [-0.4, -0.2) is 23.8 Å². The molecule has 1 aromatic rings. The Hall–Kier alpha value is -1.82. The van der Waals surface area contributed by atoms with Crippen LogP contribution in [0, 0.1) is 6.92 Å². The lowest BCUT2D eigenvalue weighted by molar-refractivity contribution is 0.0697. The zero-order valence-corrected chi connectivity index (χ0v) is 11.3. The van der Waals surface area contributed by atoms with E-state index in [1.165, 1.54) is 6.08 Å². The first-order chi connectivity index (χ1) is 8.47. The fourth-order valence-electron chi connectivity index (χ4n) is 1.32. The molecule has 0 radical (unpaired) electrons. The van der Waals surface area contributed by atoms with Crippen LogP contribution in [0.1, 0.15) is 15.9 Å². The van der Waals surface area contributed by atoms with Crippen LogP contribution in [0.3, 0.4) is 0 Å². The zero-order valence-electron chi connectivity index (χ0n) is 9.70. The van der Waals surface area contributed by atoms with Gasteiger partial charge in [-0.05, 0) is 34.5 Å². The second-order valence-electron chi connectivity index (χ2n) is 3.43. The third kappa shape index (κ3) is 3.33. The molecule has 0 saturated heterocycles. The zero-order chi connectivity index (χ0) is 13.7. The maximum atomic E-state index is 11.4. The molecule has 0 saturated carbocycles. The smallest absolute Gasteiger partial charge is 0.411 e. The molecule has 6 heteroatoms. The summed E-state index contributed by atoms with van der Waals surface area (Å²) >= 11 is 3.14. The Morgan fingerprint density at radius 3 is 2.78 bits per heavy atom. The van der Waals surface area contributed by atoms with Crippen molar-refractivity contribution in [1.82, 2.24) is 0 Å². The summed E-state index contributed by atoms with van der Waals surface area (Å²) in [5.74, 6) is -1.13. The number of carbonyl (C=O) groups is 2. The van der Waals surface area contributed by atoms with Gasteiger partial charge in [0, 0.05) is 4.47 Å². The van der Waals surface area contributed by atoms with E-state index in [2.05, 4.69) is 27.8 Å². The van der Waals surface area contributed by atoms with E-state index in [-0.39, 0.29) is 17.9 Å². The van der Waals surface area contributed by atoms with Crippen LogP contribution in [0.25, 0.3) is 0 Å². The van der Waals surface area contributed by atoms with Gasteiger partial charge in [-0.1, -0.05) is 18.7 Å². The number of amides is 1. The molecular weight excluding hydrogens is 302 g/mol. The lowest BCUT2D eigenvalue weighted by Gasteiger charge is -2.12. The molecule has 18 heavy (non-hydrogen) atoms. The minimum Gasteiger partial charge on any atom is -0.478 e. The van der Waals surface area contributed by atoms with Crippen molar-refractivity contribution in [2.24, 2.45) is 0 Å². The van der Waals surface area contributed by atoms with E-state index >= 15 is 0 Å². The molecule has 0 aromatic heterocycles. The third-order valence-corrected chi connectivity index (χ3v) is 2.80. The lowest BCUT2D eigenvalue weighted by Crippen LogP contribution is -2.17. The van der Waals surface area contributed by atoms with Gasteiger partial charge in [0.05, 0.1) is 11.3 Å². The van der Waals surface area contributed by atoms with Crippen molar-refractivity contribution in [3.05, 3.63) is 40.4 Å². The highest BCUT2D eigenvalue weighted by Gasteiger charge is 2.18. The molecule has 0 aliphatic heterocycles. The quantitative estimate of drug-likeness (QED) is 0.837. The van der Waals surface area contributed by atoms with Crippen molar-refractivity contribution >= 4 is 33.7 Å². The number of ether oxygens (including phenoxy) is 1. The number of aryl methyl sites for hydroxylation is 1. The van der Waals surface area contributed by atoms with E-state index in [0.717, 1.165) is 0 Å². The third-order valence-electron chi connectivity index (χ3n) is 2.14. The molecule has 1 rings (SSSR count). The lowest BCUT2D eigenvalue weighted by atomic mass is 10.1. The minimum atomic E-state index is -1.13. The van der Waals surface area contributed by atoms with Gasteiger partial charge in [-0.2, -0.15) is 0 Å². The Morgan fingerprint density at radius 2 is 2.22 bits per heavy atom. The van der Waals surface area contributed by atoms with Gasteiger partial charge in [0.1, 0.15) is 6.61 Å². The normalized spacial score (nSPS) is 9.67. The summed E-state index contributed by atoms with van der Waals surface area (Å²) in [7, 11) is 0. The summed E-state index contributed by atoms with van der Waals surface area (Å²) in [6.07, 6.45) is 0.699. The van der Waals surface area contributed by atoms with E-state index in [1.807, 2.05) is 0 Å². The maximum absolute atomic E-state index is 11.4. The second-order valence-corrected chi connectivity index (χ2v) is 4.29. The predicted octanol–water partition coefficient (Wildman–Crippen LogP) is 3.19. The molecule has 0 aliphatic carbocycles. The van der Waals surface area contributed by atoms with Crippen LogP contribution in [-0.2, 0) is 4.74 Å². The molecule has 0 heterocycles. The van der Waals surface area contributed by atoms with Crippen molar-refractivity contribution in [1.29, 1.82) is 0 Å². The highest BCUT2D eigenvalue weighted by molar-refractivity contribution is 9.10. The largest absolute Gasteiger partial charge is 0.478 e. The first-order valence-electron chi connectivity index (χ1n) is 5.04. The first kappa shape index (κ1) is 14.2. The standard InChI is InChI=1S/C12H12BrNO4/c1-3-6-18-12(17)14-10-7(2)4-5-8(13)9(10)11(15)16/h3-5H,1,6H2,2H3,(H,14,17)(H,15,16). The number of hydrogen-bond acceptors (Lipinski definition) is 3. The van der Waals surface area contributed by atoms with Gasteiger partial charge in [-0.15, -0.1) is 0 Å². The monoisotopic (exact) mass is 313 g/mol. The van der Waals surface area contributed by atoms with Gasteiger partial charge in [-0.3, -0.25) is 5.32 Å². The number of carbonyl (C=O) groups excluding carboxylic acids is 1. The van der Waals surface area contributed by atoms with Crippen molar-refractivity contribution < 1.29 is 19.4 Å². The molecule has 0 bridgehead atoms. The molecule has 1 amide bonds. The van der Waals surface area contributed by atoms with Crippen LogP contribution in [0.5, 0.6) is 0 Å². The number of anilines is 1. The van der Waals surface area contributed by atoms with Crippen LogP contribution >= 0.6 is 15.9 Å². The fourth-order valence-corrected chi connectivity index (χ4v) is 1.82. The highest BCUT2D eigenvalue weighted by Crippen LogP contribution is 2.28. The SMILES string of the molecule is C=CCOC(=O)Nc1c(C)ccc(Br)c1C(=O)O. The van der Waals surface area contributed by atoms with Gasteiger partial charge >= 0.3 is 12.1 Å². The summed E-state index contributed by atoms with van der Waals surface area (Å²) in [5, 5.41) is 11.5. The number of carboxylic acid groups (broad SMARTS) is 1. The predicted molar refractivity (Wildman–Crippen MR) is 71.0 cm³/mol. The van der Waals surface area contributed by atoms with Crippen LogP contribution in [0.15, 0.2) is 29.3 Å². The van der Waals surface area contributed by atoms with Crippen molar-refractivity contribution in [3.63, 3.8) is 0 Å². The number of halogens is 1. The second kappa shape index (κ2) is 6.20. The van der Waals surface area contributed by atoms with Crippen LogP contribution in [0.2, 0.25) is 0 Å². The van der Waals surface area contributed by atoms with Gasteiger partial charge in [0.2, 0.25) is 0 Å². The van der Waals surface area contributed by atoms with Crippen molar-refractivity contribution in [2.45, 2.75) is 6.92 Å². The Morgan fingerprint density at radius 1 is 1.56 bits per heavy atom. The molecule has 96 valence electrons. The van der Waals surface area contributed by atoms with Crippen LogP contribution in [0.4, 0.5) is 10.5 Å². The number of aromatic carboxylic acids is 1. The van der Waals surface area contributed by atoms with Crippen LogP contribution < -0.4 is 5.32 Å². The first-order valence-corrected chi connectivity index (χ1v) is 5.83. The molecule has 1 aromatic carbocycles. The van der Waals surface area contributed by atoms with E-state index in [4.69, 9.17) is 9.84 Å². The average molecular weight is 314 g/mol. The molecule has 0 unspecified atom stereocenters. The average Bonchev–Trinajstić information content (AvgIpc) is 2.30. The summed E-state index contributed by atoms with van der Waals surface area (Å²) in [6.45, 7) is 5.16. The number of carboxylic acids is 1. The highest BCUT2D eigenvalue weighted by atomic mass is 79.9. The van der Waals surface area contributed by atoms with Gasteiger partial charge in [0.15, 0.2) is 0 Å². The minimum absolute atomic E-state index is 0.00875. The Balaban J connectivity index is 3.07. The number of benzene rings is 1. The van der Waals surface area contributed by atoms with Gasteiger partial charge < -0.3 is 9.84 Å². The summed E-state index contributed by atoms with van der Waals surface area (Å²) in [6, 6.07) is 3.30. The van der Waals surface area contributed by atoms with Crippen molar-refractivity contribution in [2.75, 3.05) is 11.9 Å². The topological polar surface area (TPSA) is 75.6 Å². The Bertz CT molecular complexity index is 499. The molecule has 2 N–H and O–H groups in total. The molecular formula is C12H12BrNO4. The van der Waals surface area contributed by atoms with Crippen molar-refractivity contribution in [3.8, 4) is 0 Å². The molecule has 5 nitrogen and oxygen atoms in total. The van der Waals surface area contributed by atoms with E-state index in [1.54, 1.807) is 19.1 Å². The van der Waals surface area contributed by atoms with Gasteiger partial charge in [0.25, 0.3) is 0 Å². The molecule has 0 spiro atoms. The number of hydrogen-bond donors (Lipinski definition) is 2. The molecule has 0 atom stereocenters. The molecule has 0 aliphatic rings. The van der Waals surface area contributed by atoms with E-state index in [0.29, 0.717) is 10.0 Å². The van der Waals surface area contributed by atoms with E-state index < -0.39 is 12.1 Å². The summed E-state index contributed by atoms with van der Waals surface area (Å²) < 4.78 is 5.14. The number of rotatable bonds is 4. The Labute approximate surface area is 113 Å². The van der Waals surface area contributed by atoms with Gasteiger partial charge in [-0.25, -0.2) is 9.59 Å². The maximum Gasteiger partial charge on any atom is 0.411 e. The summed E-state index contributed by atoms with van der Waals surface area (Å²) in [4.78, 5) is 22.6. The Kier molecular flexibility index (Phi) is 4.91. The molecule has 0 fully saturated rings.